The number of amides is 1. The van der Waals surface area contributed by atoms with E-state index in [4.69, 9.17) is 21.1 Å². The number of rotatable bonds is 8. The van der Waals surface area contributed by atoms with Gasteiger partial charge >= 0.3 is 0 Å². The van der Waals surface area contributed by atoms with Gasteiger partial charge in [-0.05, 0) is 17.7 Å². The molecule has 0 aliphatic carbocycles. The second-order valence-electron chi connectivity index (χ2n) is 6.17. The van der Waals surface area contributed by atoms with Crippen LogP contribution in [0.2, 0.25) is 5.15 Å². The lowest BCUT2D eigenvalue weighted by molar-refractivity contribution is 0.0937. The lowest BCUT2D eigenvalue weighted by atomic mass is 10.1. The summed E-state index contributed by atoms with van der Waals surface area (Å²) in [6, 6.07) is 9.29. The number of halogens is 1. The fourth-order valence-electron chi connectivity index (χ4n) is 2.67. The lowest BCUT2D eigenvalue weighted by Crippen LogP contribution is -2.36. The topological polar surface area (TPSA) is 76.6 Å². The first-order valence-electron chi connectivity index (χ1n) is 9.02. The van der Waals surface area contributed by atoms with Crippen molar-refractivity contribution in [2.75, 3.05) is 51.5 Å². The van der Waals surface area contributed by atoms with Gasteiger partial charge in [0.25, 0.3) is 5.91 Å². The number of aromatic nitrogens is 2. The first-order chi connectivity index (χ1) is 13.7. The maximum absolute atomic E-state index is 12.0. The van der Waals surface area contributed by atoms with Gasteiger partial charge in [-0.1, -0.05) is 35.5 Å². The minimum Gasteiger partial charge on any atom is -0.383 e. The average Bonchev–Trinajstić information content (AvgIpc) is 2.73. The molecule has 150 valence electrons. The molecule has 1 aromatic carbocycles. The van der Waals surface area contributed by atoms with E-state index in [2.05, 4.69) is 20.2 Å². The quantitative estimate of drug-likeness (QED) is 0.303. The second-order valence-corrected chi connectivity index (χ2v) is 7.49. The molecule has 1 aliphatic rings. The molecule has 0 radical (unpaired) electrons. The molecule has 1 aromatic heterocycles. The molecule has 2 heterocycles. The van der Waals surface area contributed by atoms with Gasteiger partial charge in [0.1, 0.15) is 11.0 Å². The maximum Gasteiger partial charge on any atom is 0.251 e. The third-order valence-electron chi connectivity index (χ3n) is 4.17. The zero-order chi connectivity index (χ0) is 19.8. The molecule has 1 amide bonds. The zero-order valence-electron chi connectivity index (χ0n) is 15.7. The molecule has 0 spiro atoms. The number of hydrogen-bond acceptors (Lipinski definition) is 7. The number of carbonyl (C=O) groups is 1. The number of benzene rings is 1. The summed E-state index contributed by atoms with van der Waals surface area (Å²) in [5, 5.41) is 3.87. The van der Waals surface area contributed by atoms with E-state index in [1.807, 2.05) is 24.3 Å². The van der Waals surface area contributed by atoms with E-state index in [-0.39, 0.29) is 5.91 Å². The third-order valence-corrected chi connectivity index (χ3v) is 5.28. The van der Waals surface area contributed by atoms with Crippen LogP contribution in [0.1, 0.15) is 15.9 Å². The molecule has 9 heteroatoms. The van der Waals surface area contributed by atoms with Crippen molar-refractivity contribution in [3.8, 4) is 0 Å². The maximum atomic E-state index is 12.0. The highest BCUT2D eigenvalue weighted by Gasteiger charge is 2.15. The number of nitrogens with one attached hydrogen (secondary N) is 1. The summed E-state index contributed by atoms with van der Waals surface area (Å²) >= 11 is 7.70. The highest BCUT2D eigenvalue weighted by Crippen LogP contribution is 2.25. The Kier molecular flexibility index (Phi) is 7.90. The van der Waals surface area contributed by atoms with Crippen molar-refractivity contribution < 1.29 is 14.3 Å². The first kappa shape index (κ1) is 20.9. The van der Waals surface area contributed by atoms with Gasteiger partial charge in [0, 0.05) is 44.1 Å². The predicted molar refractivity (Wildman–Crippen MR) is 110 cm³/mol. The summed E-state index contributed by atoms with van der Waals surface area (Å²) in [6.45, 7) is 3.96. The van der Waals surface area contributed by atoms with Gasteiger partial charge < -0.3 is 19.7 Å². The van der Waals surface area contributed by atoms with Crippen LogP contribution in [-0.2, 0) is 15.2 Å². The monoisotopic (exact) mass is 422 g/mol. The average molecular weight is 423 g/mol. The molecule has 0 atom stereocenters. The van der Waals surface area contributed by atoms with Crippen LogP contribution >= 0.6 is 23.4 Å². The molecule has 0 bridgehead atoms. The Hall–Kier alpha value is -1.87. The Bertz CT molecular complexity index is 785. The van der Waals surface area contributed by atoms with Crippen LogP contribution < -0.4 is 10.2 Å². The van der Waals surface area contributed by atoms with Gasteiger partial charge in [0.15, 0.2) is 5.16 Å². The largest absolute Gasteiger partial charge is 0.383 e. The Labute approximate surface area is 173 Å². The van der Waals surface area contributed by atoms with Gasteiger partial charge in [0.2, 0.25) is 0 Å². The second kappa shape index (κ2) is 10.6. The van der Waals surface area contributed by atoms with Crippen molar-refractivity contribution in [2.45, 2.75) is 10.9 Å². The minimum absolute atomic E-state index is 0.107. The van der Waals surface area contributed by atoms with Crippen LogP contribution in [-0.4, -0.2) is 62.4 Å². The van der Waals surface area contributed by atoms with Gasteiger partial charge in [0.05, 0.1) is 19.8 Å². The molecule has 1 N–H and O–H groups in total. The number of thioether (sulfide) groups is 1. The van der Waals surface area contributed by atoms with E-state index in [0.717, 1.165) is 24.5 Å². The third kappa shape index (κ3) is 6.07. The number of morpholine rings is 1. The molecule has 1 fully saturated rings. The predicted octanol–water partition coefficient (Wildman–Crippen LogP) is 2.64. The van der Waals surface area contributed by atoms with Gasteiger partial charge in [-0.15, -0.1) is 0 Å². The van der Waals surface area contributed by atoms with E-state index in [1.54, 1.807) is 13.2 Å². The van der Waals surface area contributed by atoms with Crippen molar-refractivity contribution in [1.29, 1.82) is 0 Å². The van der Waals surface area contributed by atoms with Crippen molar-refractivity contribution >= 4 is 35.1 Å². The zero-order valence-corrected chi connectivity index (χ0v) is 17.3. The molecule has 1 aliphatic heterocycles. The first-order valence-corrected chi connectivity index (χ1v) is 10.4. The van der Waals surface area contributed by atoms with E-state index in [9.17, 15) is 4.79 Å². The summed E-state index contributed by atoms with van der Waals surface area (Å²) in [4.78, 5) is 23.1. The lowest BCUT2D eigenvalue weighted by Gasteiger charge is -2.27. The van der Waals surface area contributed by atoms with Crippen molar-refractivity contribution in [3.05, 3.63) is 46.6 Å². The number of ether oxygens (including phenoxy) is 2. The molecular formula is C19H23ClN4O3S. The van der Waals surface area contributed by atoms with Crippen LogP contribution in [0.4, 0.5) is 5.82 Å². The highest BCUT2D eigenvalue weighted by molar-refractivity contribution is 7.98. The highest BCUT2D eigenvalue weighted by atomic mass is 35.5. The number of methoxy groups -OCH3 is 1. The molecule has 1 saturated heterocycles. The Balaban J connectivity index is 1.57. The van der Waals surface area contributed by atoms with Crippen molar-refractivity contribution in [2.24, 2.45) is 0 Å². The molecule has 28 heavy (non-hydrogen) atoms. The van der Waals surface area contributed by atoms with E-state index >= 15 is 0 Å². The fraction of sp³-hybridized carbons (Fsp3) is 0.421. The Morgan fingerprint density at radius 1 is 1.29 bits per heavy atom. The summed E-state index contributed by atoms with van der Waals surface area (Å²) < 4.78 is 10.3. The number of carbonyl (C=O) groups excluding carboxylic acids is 1. The van der Waals surface area contributed by atoms with Crippen LogP contribution in [0, 0.1) is 0 Å². The molecular weight excluding hydrogens is 400 g/mol. The molecule has 3 rings (SSSR count). The van der Waals surface area contributed by atoms with Crippen LogP contribution in [0.5, 0.6) is 0 Å². The normalized spacial score (nSPS) is 14.1. The number of nitrogens with zero attached hydrogens (tertiary/aromatic N) is 3. The van der Waals surface area contributed by atoms with Crippen LogP contribution in [0.15, 0.2) is 35.5 Å². The Morgan fingerprint density at radius 3 is 2.75 bits per heavy atom. The molecule has 0 unspecified atom stereocenters. The minimum atomic E-state index is -0.107. The SMILES string of the molecule is COCCNC(=O)c1ccc(CSc2nc(Cl)cc(N3CCOCC3)n2)cc1. The molecule has 0 saturated carbocycles. The van der Waals surface area contributed by atoms with Crippen LogP contribution in [0.25, 0.3) is 0 Å². The van der Waals surface area contributed by atoms with E-state index < -0.39 is 0 Å². The summed E-state index contributed by atoms with van der Waals surface area (Å²) in [5.74, 6) is 1.41. The summed E-state index contributed by atoms with van der Waals surface area (Å²) in [5.41, 5.74) is 1.70. The summed E-state index contributed by atoms with van der Waals surface area (Å²) in [7, 11) is 1.60. The smallest absolute Gasteiger partial charge is 0.251 e. The summed E-state index contributed by atoms with van der Waals surface area (Å²) in [6.07, 6.45) is 0. The van der Waals surface area contributed by atoms with Gasteiger partial charge in [-0.25, -0.2) is 9.97 Å². The Morgan fingerprint density at radius 2 is 2.04 bits per heavy atom. The van der Waals surface area contributed by atoms with Crippen molar-refractivity contribution in [3.63, 3.8) is 0 Å². The van der Waals surface area contributed by atoms with Gasteiger partial charge in [-0.3, -0.25) is 4.79 Å². The van der Waals surface area contributed by atoms with Gasteiger partial charge in [-0.2, -0.15) is 0 Å². The number of anilines is 1. The van der Waals surface area contributed by atoms with E-state index in [1.165, 1.54) is 11.8 Å². The fourth-order valence-corrected chi connectivity index (χ4v) is 3.71. The van der Waals surface area contributed by atoms with Crippen molar-refractivity contribution in [1.82, 2.24) is 15.3 Å². The van der Waals surface area contributed by atoms with Crippen LogP contribution in [0.3, 0.4) is 0 Å². The molecule has 7 nitrogen and oxygen atoms in total. The molecule has 2 aromatic rings. The number of hydrogen-bond donors (Lipinski definition) is 1. The standard InChI is InChI=1S/C19H23ClN4O3S/c1-26-9-6-21-18(25)15-4-2-14(3-5-15)13-28-19-22-16(20)12-17(23-19)24-7-10-27-11-8-24/h2-5,12H,6-11,13H2,1H3,(H,21,25). The van der Waals surface area contributed by atoms with E-state index in [0.29, 0.717) is 48.0 Å².